The van der Waals surface area contributed by atoms with E-state index < -0.39 is 0 Å². The van der Waals surface area contributed by atoms with Crippen LogP contribution in [0.4, 0.5) is 5.95 Å². The van der Waals surface area contributed by atoms with E-state index in [0.717, 1.165) is 18.4 Å². The summed E-state index contributed by atoms with van der Waals surface area (Å²) < 4.78 is 10.5. The molecule has 5 rings (SSSR count). The first-order valence-electron chi connectivity index (χ1n) is 12.1. The van der Waals surface area contributed by atoms with Crippen LogP contribution in [0.3, 0.4) is 0 Å². The highest BCUT2D eigenvalue weighted by Crippen LogP contribution is 2.31. The molecule has 0 saturated carbocycles. The van der Waals surface area contributed by atoms with Gasteiger partial charge < -0.3 is 25.0 Å². The Kier molecular flexibility index (Phi) is 7.47. The molecule has 3 aromatic rings. The zero-order chi connectivity index (χ0) is 25.8. The Morgan fingerprint density at radius 2 is 2.05 bits per heavy atom. The molecule has 192 valence electrons. The fraction of sp³-hybridized carbons (Fsp3) is 0.346. The minimum atomic E-state index is -0.270. The second-order valence-corrected chi connectivity index (χ2v) is 9.31. The standard InChI is InChI=1S/C26H27ClN6O4/c1-36-23-4-2-3-19(30-23)12-28-22(34)15-33-14-17-6-5-16(11-20(17)25(33)35)24-21(27)13-29-26(32-24)31-18-7-9-37-10-8-18/h2-6,11,13,18H,7-10,12,14-15H2,1H3,(H,28,34)(H,29,31,32). The van der Waals surface area contributed by atoms with Crippen molar-refractivity contribution in [1.82, 2.24) is 25.2 Å². The van der Waals surface area contributed by atoms with Crippen molar-refractivity contribution in [2.24, 2.45) is 0 Å². The third-order valence-corrected chi connectivity index (χ3v) is 6.63. The van der Waals surface area contributed by atoms with Gasteiger partial charge in [-0.1, -0.05) is 29.8 Å². The number of aromatic nitrogens is 3. The number of benzene rings is 1. The predicted molar refractivity (Wildman–Crippen MR) is 137 cm³/mol. The van der Waals surface area contributed by atoms with Gasteiger partial charge in [-0.15, -0.1) is 0 Å². The minimum absolute atomic E-state index is 0.0553. The minimum Gasteiger partial charge on any atom is -0.481 e. The Labute approximate surface area is 219 Å². The van der Waals surface area contributed by atoms with Crippen LogP contribution in [-0.2, 0) is 22.6 Å². The van der Waals surface area contributed by atoms with Crippen LogP contribution in [0.2, 0.25) is 5.02 Å². The molecule has 4 heterocycles. The van der Waals surface area contributed by atoms with Gasteiger partial charge in [0.15, 0.2) is 0 Å². The van der Waals surface area contributed by atoms with Gasteiger partial charge in [-0.3, -0.25) is 9.59 Å². The van der Waals surface area contributed by atoms with E-state index >= 15 is 0 Å². The van der Waals surface area contributed by atoms with Crippen molar-refractivity contribution in [2.75, 3.05) is 32.2 Å². The van der Waals surface area contributed by atoms with E-state index in [1.54, 1.807) is 30.5 Å². The fourth-order valence-electron chi connectivity index (χ4n) is 4.39. The highest BCUT2D eigenvalue weighted by atomic mass is 35.5. The van der Waals surface area contributed by atoms with Gasteiger partial charge in [0, 0.05) is 43.0 Å². The molecule has 0 unspecified atom stereocenters. The number of carbonyl (C=O) groups excluding carboxylic acids is 2. The number of hydrogen-bond acceptors (Lipinski definition) is 8. The van der Waals surface area contributed by atoms with Crippen LogP contribution < -0.4 is 15.4 Å². The molecule has 2 aromatic heterocycles. The molecule has 10 nitrogen and oxygen atoms in total. The molecule has 2 aliphatic rings. The summed E-state index contributed by atoms with van der Waals surface area (Å²) in [6.07, 6.45) is 3.33. The molecule has 0 atom stereocenters. The van der Waals surface area contributed by atoms with Crippen molar-refractivity contribution in [3.8, 4) is 17.1 Å². The van der Waals surface area contributed by atoms with E-state index in [9.17, 15) is 9.59 Å². The number of nitrogens with one attached hydrogen (secondary N) is 2. The number of fused-ring (bicyclic) bond motifs is 1. The maximum atomic E-state index is 13.1. The lowest BCUT2D eigenvalue weighted by Crippen LogP contribution is -2.37. The number of pyridine rings is 1. The molecular formula is C26H27ClN6O4. The Bertz CT molecular complexity index is 1310. The van der Waals surface area contributed by atoms with E-state index in [2.05, 4.69) is 25.6 Å². The largest absolute Gasteiger partial charge is 0.481 e. The summed E-state index contributed by atoms with van der Waals surface area (Å²) in [5, 5.41) is 6.55. The summed E-state index contributed by atoms with van der Waals surface area (Å²) in [5.41, 5.74) is 3.31. The number of amides is 2. The molecule has 11 heteroatoms. The lowest BCUT2D eigenvalue weighted by molar-refractivity contribution is -0.122. The maximum absolute atomic E-state index is 13.1. The first-order chi connectivity index (χ1) is 18.0. The number of nitrogens with zero attached hydrogens (tertiary/aromatic N) is 4. The SMILES string of the molecule is COc1cccc(CNC(=O)CN2Cc3ccc(-c4nc(NC5CCOCC5)ncc4Cl)cc3C2=O)n1. The molecule has 0 bridgehead atoms. The van der Waals surface area contributed by atoms with Gasteiger partial charge in [-0.2, -0.15) is 0 Å². The zero-order valence-electron chi connectivity index (χ0n) is 20.4. The average molecular weight is 523 g/mol. The van der Waals surface area contributed by atoms with Crippen LogP contribution in [0.15, 0.2) is 42.6 Å². The van der Waals surface area contributed by atoms with Crippen LogP contribution in [0.25, 0.3) is 11.3 Å². The highest BCUT2D eigenvalue weighted by Gasteiger charge is 2.29. The maximum Gasteiger partial charge on any atom is 0.254 e. The number of halogens is 1. The quantitative estimate of drug-likeness (QED) is 0.463. The van der Waals surface area contributed by atoms with E-state index in [1.165, 1.54) is 12.0 Å². The zero-order valence-corrected chi connectivity index (χ0v) is 21.1. The predicted octanol–water partition coefficient (Wildman–Crippen LogP) is 3.06. The van der Waals surface area contributed by atoms with Crippen LogP contribution in [0.5, 0.6) is 5.88 Å². The molecule has 0 radical (unpaired) electrons. The van der Waals surface area contributed by atoms with Crippen molar-refractivity contribution in [2.45, 2.75) is 32.0 Å². The normalized spacial score (nSPS) is 15.4. The summed E-state index contributed by atoms with van der Waals surface area (Å²) in [4.78, 5) is 40.4. The van der Waals surface area contributed by atoms with Gasteiger partial charge in [0.25, 0.3) is 5.91 Å². The van der Waals surface area contributed by atoms with Crippen LogP contribution in [-0.4, -0.2) is 64.6 Å². The number of ether oxygens (including phenoxy) is 2. The number of anilines is 1. The average Bonchev–Trinajstić information content (AvgIpc) is 3.23. The van der Waals surface area contributed by atoms with E-state index in [0.29, 0.717) is 59.1 Å². The molecule has 0 spiro atoms. The van der Waals surface area contributed by atoms with Gasteiger partial charge in [0.2, 0.25) is 17.7 Å². The van der Waals surface area contributed by atoms with Crippen molar-refractivity contribution >= 4 is 29.4 Å². The number of hydrogen-bond donors (Lipinski definition) is 2. The lowest BCUT2D eigenvalue weighted by Gasteiger charge is -2.23. The van der Waals surface area contributed by atoms with Crippen LogP contribution in [0, 0.1) is 0 Å². The summed E-state index contributed by atoms with van der Waals surface area (Å²) in [6, 6.07) is 11.1. The van der Waals surface area contributed by atoms with Crippen LogP contribution in [0.1, 0.15) is 34.5 Å². The van der Waals surface area contributed by atoms with Gasteiger partial charge in [0.05, 0.1) is 36.3 Å². The molecular weight excluding hydrogens is 496 g/mol. The Balaban J connectivity index is 1.25. The van der Waals surface area contributed by atoms with Crippen molar-refractivity contribution in [3.05, 3.63) is 64.4 Å². The van der Waals surface area contributed by atoms with Crippen LogP contribution >= 0.6 is 11.6 Å². The third-order valence-electron chi connectivity index (χ3n) is 6.35. The summed E-state index contributed by atoms with van der Waals surface area (Å²) in [7, 11) is 1.54. The second kappa shape index (κ2) is 11.1. The van der Waals surface area contributed by atoms with Crippen molar-refractivity contribution in [1.29, 1.82) is 0 Å². The summed E-state index contributed by atoms with van der Waals surface area (Å²) in [5.74, 6) is 0.482. The Hall–Kier alpha value is -3.76. The summed E-state index contributed by atoms with van der Waals surface area (Å²) >= 11 is 6.43. The van der Waals surface area contributed by atoms with E-state index in [-0.39, 0.29) is 30.9 Å². The third kappa shape index (κ3) is 5.81. The van der Waals surface area contributed by atoms with Crippen molar-refractivity contribution in [3.63, 3.8) is 0 Å². The van der Waals surface area contributed by atoms with E-state index in [1.807, 2.05) is 12.1 Å². The van der Waals surface area contributed by atoms with Gasteiger partial charge in [0.1, 0.15) is 6.54 Å². The number of rotatable bonds is 8. The topological polar surface area (TPSA) is 119 Å². The monoisotopic (exact) mass is 522 g/mol. The highest BCUT2D eigenvalue weighted by molar-refractivity contribution is 6.33. The fourth-order valence-corrected chi connectivity index (χ4v) is 4.59. The molecule has 2 N–H and O–H groups in total. The molecule has 2 amide bonds. The summed E-state index contributed by atoms with van der Waals surface area (Å²) in [6.45, 7) is 1.95. The molecule has 1 saturated heterocycles. The first kappa shape index (κ1) is 24.9. The molecule has 1 aromatic carbocycles. The molecule has 37 heavy (non-hydrogen) atoms. The lowest BCUT2D eigenvalue weighted by atomic mass is 10.0. The molecule has 0 aliphatic carbocycles. The van der Waals surface area contributed by atoms with Gasteiger partial charge >= 0.3 is 0 Å². The van der Waals surface area contributed by atoms with E-state index in [4.69, 9.17) is 21.1 Å². The number of carbonyl (C=O) groups is 2. The smallest absolute Gasteiger partial charge is 0.254 e. The first-order valence-corrected chi connectivity index (χ1v) is 12.4. The number of methoxy groups -OCH3 is 1. The second-order valence-electron chi connectivity index (χ2n) is 8.90. The van der Waals surface area contributed by atoms with Gasteiger partial charge in [-0.25, -0.2) is 15.0 Å². The van der Waals surface area contributed by atoms with Crippen molar-refractivity contribution < 1.29 is 19.1 Å². The van der Waals surface area contributed by atoms with Gasteiger partial charge in [-0.05, 0) is 30.5 Å². The molecule has 2 aliphatic heterocycles. The Morgan fingerprint density at radius 3 is 2.86 bits per heavy atom. The molecule has 1 fully saturated rings. The Morgan fingerprint density at radius 1 is 1.22 bits per heavy atom.